The van der Waals surface area contributed by atoms with Crippen LogP contribution in [0.3, 0.4) is 0 Å². The van der Waals surface area contributed by atoms with Gasteiger partial charge >= 0.3 is 0 Å². The van der Waals surface area contributed by atoms with Crippen LogP contribution in [-0.4, -0.2) is 23.6 Å². The van der Waals surface area contributed by atoms with E-state index in [0.29, 0.717) is 5.92 Å². The van der Waals surface area contributed by atoms with E-state index >= 15 is 0 Å². The zero-order valence-corrected chi connectivity index (χ0v) is 13.3. The van der Waals surface area contributed by atoms with Crippen LogP contribution in [0, 0.1) is 5.92 Å². The Morgan fingerprint density at radius 2 is 2.15 bits per heavy atom. The molecule has 2 aromatic heterocycles. The standard InChI is InChI=1S/C11H13ClN4O2S2/c1-7(2)5-10-14-15-11(19-10)16-20(17,18)8-3-4-13-9(12)6-8/h3-4,6-7H,5H2,1-2H3,(H,15,16). The average molecular weight is 333 g/mol. The SMILES string of the molecule is CC(C)Cc1nnc(NS(=O)(=O)c2ccnc(Cl)c2)s1. The highest BCUT2D eigenvalue weighted by molar-refractivity contribution is 7.93. The molecule has 0 saturated heterocycles. The summed E-state index contributed by atoms with van der Waals surface area (Å²) in [5, 5.41) is 8.94. The Hall–Kier alpha value is -1.25. The van der Waals surface area contributed by atoms with Gasteiger partial charge in [0.05, 0.1) is 4.90 Å². The Kier molecular flexibility index (Phi) is 4.56. The summed E-state index contributed by atoms with van der Waals surface area (Å²) in [5.41, 5.74) is 0. The van der Waals surface area contributed by atoms with Crippen molar-refractivity contribution in [3.8, 4) is 0 Å². The average Bonchev–Trinajstić information content (AvgIpc) is 2.74. The van der Waals surface area contributed by atoms with Gasteiger partial charge in [0.2, 0.25) is 5.13 Å². The molecule has 9 heteroatoms. The fourth-order valence-electron chi connectivity index (χ4n) is 1.45. The fraction of sp³-hybridized carbons (Fsp3) is 0.364. The Labute approximate surface area is 126 Å². The molecule has 0 aromatic carbocycles. The molecule has 0 aliphatic carbocycles. The lowest BCUT2D eigenvalue weighted by atomic mass is 10.1. The van der Waals surface area contributed by atoms with Gasteiger partial charge in [-0.1, -0.05) is 36.8 Å². The van der Waals surface area contributed by atoms with Gasteiger partial charge in [-0.15, -0.1) is 10.2 Å². The van der Waals surface area contributed by atoms with Crippen LogP contribution in [0.15, 0.2) is 23.2 Å². The van der Waals surface area contributed by atoms with Crippen molar-refractivity contribution in [1.82, 2.24) is 15.2 Å². The molecule has 2 aromatic rings. The second-order valence-corrected chi connectivity index (χ2v) is 7.65. The molecule has 0 atom stereocenters. The molecular weight excluding hydrogens is 320 g/mol. The van der Waals surface area contributed by atoms with Gasteiger partial charge in [0.1, 0.15) is 10.2 Å². The van der Waals surface area contributed by atoms with Gasteiger partial charge in [-0.3, -0.25) is 4.72 Å². The number of sulfonamides is 1. The van der Waals surface area contributed by atoms with Crippen LogP contribution in [0.1, 0.15) is 18.9 Å². The Bertz CT molecular complexity index is 700. The fourth-order valence-corrected chi connectivity index (χ4v) is 3.89. The summed E-state index contributed by atoms with van der Waals surface area (Å²) in [6, 6.07) is 2.64. The highest BCUT2D eigenvalue weighted by Crippen LogP contribution is 2.22. The van der Waals surface area contributed by atoms with Gasteiger partial charge in [-0.2, -0.15) is 0 Å². The number of nitrogens with zero attached hydrogens (tertiary/aromatic N) is 3. The topological polar surface area (TPSA) is 84.8 Å². The number of anilines is 1. The Morgan fingerprint density at radius 1 is 1.40 bits per heavy atom. The quantitative estimate of drug-likeness (QED) is 0.851. The van der Waals surface area contributed by atoms with Crippen molar-refractivity contribution < 1.29 is 8.42 Å². The molecule has 0 fully saturated rings. The third-order valence-electron chi connectivity index (χ3n) is 2.28. The first-order valence-electron chi connectivity index (χ1n) is 5.83. The van der Waals surface area contributed by atoms with Crippen molar-refractivity contribution in [2.24, 2.45) is 5.92 Å². The van der Waals surface area contributed by atoms with Crippen LogP contribution < -0.4 is 4.72 Å². The molecule has 2 rings (SSSR count). The Morgan fingerprint density at radius 3 is 2.80 bits per heavy atom. The molecule has 0 amide bonds. The molecule has 0 aliphatic rings. The van der Waals surface area contributed by atoms with Crippen LogP contribution in [0.5, 0.6) is 0 Å². The van der Waals surface area contributed by atoms with E-state index in [4.69, 9.17) is 11.6 Å². The molecule has 0 unspecified atom stereocenters. The number of rotatable bonds is 5. The maximum atomic E-state index is 12.1. The number of hydrogen-bond donors (Lipinski definition) is 1. The van der Waals surface area contributed by atoms with E-state index in [1.54, 1.807) is 0 Å². The summed E-state index contributed by atoms with van der Waals surface area (Å²) >= 11 is 6.91. The minimum Gasteiger partial charge on any atom is -0.253 e. The summed E-state index contributed by atoms with van der Waals surface area (Å²) < 4.78 is 26.6. The molecule has 0 bridgehead atoms. The third kappa shape index (κ3) is 3.87. The van der Waals surface area contributed by atoms with E-state index in [-0.39, 0.29) is 15.2 Å². The molecule has 0 spiro atoms. The summed E-state index contributed by atoms with van der Waals surface area (Å²) in [5.74, 6) is 0.436. The summed E-state index contributed by atoms with van der Waals surface area (Å²) in [7, 11) is -3.72. The van der Waals surface area contributed by atoms with E-state index in [2.05, 4.69) is 33.8 Å². The predicted molar refractivity (Wildman–Crippen MR) is 78.5 cm³/mol. The van der Waals surface area contributed by atoms with Crippen LogP contribution in [0.2, 0.25) is 5.15 Å². The van der Waals surface area contributed by atoms with Gasteiger partial charge in [0.25, 0.3) is 10.0 Å². The number of hydrogen-bond acceptors (Lipinski definition) is 6. The zero-order valence-electron chi connectivity index (χ0n) is 10.9. The summed E-state index contributed by atoms with van der Waals surface area (Å²) in [4.78, 5) is 3.78. The van der Waals surface area contributed by atoms with Gasteiger partial charge in [0, 0.05) is 12.6 Å². The maximum Gasteiger partial charge on any atom is 0.263 e. The molecule has 2 heterocycles. The first kappa shape index (κ1) is 15.1. The van der Waals surface area contributed by atoms with Crippen molar-refractivity contribution in [1.29, 1.82) is 0 Å². The third-order valence-corrected chi connectivity index (χ3v) is 4.81. The van der Waals surface area contributed by atoms with Gasteiger partial charge in [-0.25, -0.2) is 13.4 Å². The first-order chi connectivity index (χ1) is 9.37. The normalized spacial score (nSPS) is 11.8. The molecule has 0 aliphatic heterocycles. The first-order valence-corrected chi connectivity index (χ1v) is 8.51. The molecular formula is C11H13ClN4O2S2. The second-order valence-electron chi connectivity index (χ2n) is 4.52. The summed E-state index contributed by atoms with van der Waals surface area (Å²) in [6.45, 7) is 4.12. The van der Waals surface area contributed by atoms with E-state index in [9.17, 15) is 8.42 Å². The number of halogens is 1. The summed E-state index contributed by atoms with van der Waals surface area (Å²) in [6.07, 6.45) is 2.10. The van der Waals surface area contributed by atoms with Crippen LogP contribution in [0.25, 0.3) is 0 Å². The smallest absolute Gasteiger partial charge is 0.253 e. The van der Waals surface area contributed by atoms with Crippen molar-refractivity contribution >= 4 is 38.1 Å². The molecule has 0 saturated carbocycles. The lowest BCUT2D eigenvalue weighted by molar-refractivity contribution is 0.601. The molecule has 108 valence electrons. The molecule has 0 radical (unpaired) electrons. The maximum absolute atomic E-state index is 12.1. The van der Waals surface area contributed by atoms with Crippen molar-refractivity contribution in [3.05, 3.63) is 28.5 Å². The van der Waals surface area contributed by atoms with E-state index in [1.165, 1.54) is 29.7 Å². The monoisotopic (exact) mass is 332 g/mol. The van der Waals surface area contributed by atoms with Crippen LogP contribution >= 0.6 is 22.9 Å². The minimum atomic E-state index is -3.72. The van der Waals surface area contributed by atoms with Gasteiger partial charge in [-0.05, 0) is 18.1 Å². The van der Waals surface area contributed by atoms with Gasteiger partial charge in [0.15, 0.2) is 0 Å². The van der Waals surface area contributed by atoms with E-state index in [0.717, 1.165) is 11.4 Å². The second kappa shape index (κ2) is 6.02. The zero-order chi connectivity index (χ0) is 14.8. The van der Waals surface area contributed by atoms with Crippen molar-refractivity contribution in [2.45, 2.75) is 25.2 Å². The lowest BCUT2D eigenvalue weighted by Gasteiger charge is -2.04. The molecule has 20 heavy (non-hydrogen) atoms. The number of pyridine rings is 1. The largest absolute Gasteiger partial charge is 0.263 e. The number of aromatic nitrogens is 3. The molecule has 6 nitrogen and oxygen atoms in total. The van der Waals surface area contributed by atoms with Crippen molar-refractivity contribution in [3.63, 3.8) is 0 Å². The highest BCUT2D eigenvalue weighted by atomic mass is 35.5. The van der Waals surface area contributed by atoms with Crippen LogP contribution in [-0.2, 0) is 16.4 Å². The highest BCUT2D eigenvalue weighted by Gasteiger charge is 2.17. The minimum absolute atomic E-state index is 0.0399. The van der Waals surface area contributed by atoms with Gasteiger partial charge < -0.3 is 0 Å². The van der Waals surface area contributed by atoms with E-state index in [1.807, 2.05) is 0 Å². The number of nitrogens with one attached hydrogen (secondary N) is 1. The lowest BCUT2D eigenvalue weighted by Crippen LogP contribution is -2.12. The van der Waals surface area contributed by atoms with E-state index < -0.39 is 10.0 Å². The van der Waals surface area contributed by atoms with Crippen LogP contribution in [0.4, 0.5) is 5.13 Å². The predicted octanol–water partition coefficient (Wildman–Crippen LogP) is 2.59. The molecule has 1 N–H and O–H groups in total. The van der Waals surface area contributed by atoms with Crippen molar-refractivity contribution in [2.75, 3.05) is 4.72 Å². The Balaban J connectivity index is 2.18.